The van der Waals surface area contributed by atoms with Crippen molar-refractivity contribution in [3.05, 3.63) is 34.9 Å². The van der Waals surface area contributed by atoms with Gasteiger partial charge in [0.05, 0.1) is 12.5 Å². The summed E-state index contributed by atoms with van der Waals surface area (Å²) in [5, 5.41) is 6.47. The Morgan fingerprint density at radius 3 is 2.39 bits per heavy atom. The van der Waals surface area contributed by atoms with Crippen molar-refractivity contribution in [2.45, 2.75) is 32.7 Å². The molecule has 4 nitrogen and oxygen atoms in total. The molecule has 0 aromatic heterocycles. The number of benzene rings is 1. The summed E-state index contributed by atoms with van der Waals surface area (Å²) in [5.74, 6) is 1.04. The van der Waals surface area contributed by atoms with Crippen molar-refractivity contribution >= 4 is 35.2 Å². The average Bonchev–Trinajstić information content (AvgIpc) is 2.51. The third-order valence-electron chi connectivity index (χ3n) is 3.24. The zero-order valence-corrected chi connectivity index (χ0v) is 15.5. The molecule has 0 aliphatic rings. The predicted molar refractivity (Wildman–Crippen MR) is 97.8 cm³/mol. The number of hydrogen-bond donors (Lipinski definition) is 2. The predicted octanol–water partition coefficient (Wildman–Crippen LogP) is 3.41. The molecule has 1 rings (SSSR count). The largest absolute Gasteiger partial charge is 0.356 e. The minimum atomic E-state index is -0.339. The van der Waals surface area contributed by atoms with Gasteiger partial charge in [-0.15, -0.1) is 0 Å². The van der Waals surface area contributed by atoms with E-state index in [0.29, 0.717) is 23.9 Å². The summed E-state index contributed by atoms with van der Waals surface area (Å²) >= 11 is 7.53. The molecule has 2 N–H and O–H groups in total. The third-order valence-corrected chi connectivity index (χ3v) is 4.10. The summed E-state index contributed by atoms with van der Waals surface area (Å²) in [4.78, 5) is 24.1. The second-order valence-corrected chi connectivity index (χ2v) is 7.24. The van der Waals surface area contributed by atoms with Gasteiger partial charge < -0.3 is 10.6 Å². The van der Waals surface area contributed by atoms with Gasteiger partial charge in [0.2, 0.25) is 11.8 Å². The van der Waals surface area contributed by atoms with E-state index in [4.69, 9.17) is 11.6 Å². The van der Waals surface area contributed by atoms with Gasteiger partial charge in [-0.25, -0.2) is 0 Å². The Hall–Kier alpha value is -1.20. The first-order chi connectivity index (χ1) is 10.9. The number of nitrogens with one attached hydrogen (secondary N) is 2. The molecule has 0 saturated carbocycles. The van der Waals surface area contributed by atoms with Crippen LogP contribution in [0.1, 0.15) is 38.3 Å². The Morgan fingerprint density at radius 1 is 1.17 bits per heavy atom. The first-order valence-corrected chi connectivity index (χ1v) is 9.50. The number of hydrogen-bond acceptors (Lipinski definition) is 3. The molecule has 0 aliphatic heterocycles. The minimum absolute atomic E-state index is 0.0454. The highest BCUT2D eigenvalue weighted by Crippen LogP contribution is 2.20. The second kappa shape index (κ2) is 10.6. The van der Waals surface area contributed by atoms with Gasteiger partial charge in [0.1, 0.15) is 0 Å². The number of thioether (sulfide) groups is 1. The molecule has 1 atom stereocenters. The zero-order valence-electron chi connectivity index (χ0n) is 13.9. The lowest BCUT2D eigenvalue weighted by Gasteiger charge is -2.19. The van der Waals surface area contributed by atoms with Crippen LogP contribution in [0.3, 0.4) is 0 Å². The van der Waals surface area contributed by atoms with Crippen LogP contribution in [-0.4, -0.2) is 30.4 Å². The minimum Gasteiger partial charge on any atom is -0.356 e. The maximum atomic E-state index is 12.1. The molecule has 0 aliphatic carbocycles. The lowest BCUT2D eigenvalue weighted by molar-refractivity contribution is -0.123. The molecule has 0 saturated heterocycles. The number of carbonyl (C=O) groups is 2. The molecule has 1 unspecified atom stereocenters. The second-order valence-electron chi connectivity index (χ2n) is 5.82. The fourth-order valence-corrected chi connectivity index (χ4v) is 2.50. The molecule has 0 heterocycles. The number of halogens is 1. The van der Waals surface area contributed by atoms with Crippen LogP contribution in [-0.2, 0) is 9.59 Å². The van der Waals surface area contributed by atoms with Crippen molar-refractivity contribution < 1.29 is 9.59 Å². The van der Waals surface area contributed by atoms with Crippen molar-refractivity contribution in [3.8, 4) is 0 Å². The van der Waals surface area contributed by atoms with Crippen molar-refractivity contribution in [1.82, 2.24) is 10.6 Å². The maximum absolute atomic E-state index is 12.1. The normalized spacial score (nSPS) is 12.0. The van der Waals surface area contributed by atoms with E-state index >= 15 is 0 Å². The highest BCUT2D eigenvalue weighted by molar-refractivity contribution is 7.98. The summed E-state index contributed by atoms with van der Waals surface area (Å²) in [6.07, 6.45) is 2.63. The van der Waals surface area contributed by atoms with Crippen molar-refractivity contribution in [2.75, 3.05) is 18.6 Å². The number of carbonyl (C=O) groups excluding carboxylic acids is 2. The van der Waals surface area contributed by atoms with E-state index in [0.717, 1.165) is 11.3 Å². The van der Waals surface area contributed by atoms with Gasteiger partial charge in [-0.3, -0.25) is 9.59 Å². The van der Waals surface area contributed by atoms with Crippen molar-refractivity contribution in [3.63, 3.8) is 0 Å². The molecule has 128 valence electrons. The van der Waals surface area contributed by atoms with Gasteiger partial charge in [-0.05, 0) is 29.9 Å². The fraction of sp³-hybridized carbons (Fsp3) is 0.529. The molecular formula is C17H25ClN2O2S. The Morgan fingerprint density at radius 2 is 1.83 bits per heavy atom. The maximum Gasteiger partial charge on any atom is 0.222 e. The Bertz CT molecular complexity index is 506. The standard InChI is InChI=1S/C17H25ClN2O2S/c1-12(2)11-19-17(22)10-15(20-16(21)8-9-23-3)13-4-6-14(18)7-5-13/h4-7,12,15H,8-11H2,1-3H3,(H,19,22)(H,20,21). The molecule has 0 fully saturated rings. The molecule has 6 heteroatoms. The Labute approximate surface area is 147 Å². The van der Waals surface area contributed by atoms with E-state index in [9.17, 15) is 9.59 Å². The van der Waals surface area contributed by atoms with E-state index in [-0.39, 0.29) is 24.3 Å². The summed E-state index contributed by atoms with van der Waals surface area (Å²) in [5.41, 5.74) is 0.881. The quantitative estimate of drug-likeness (QED) is 0.712. The summed E-state index contributed by atoms with van der Waals surface area (Å²) in [7, 11) is 0. The van der Waals surface area contributed by atoms with Gasteiger partial charge >= 0.3 is 0 Å². The van der Waals surface area contributed by atoms with Gasteiger partial charge in [-0.1, -0.05) is 37.6 Å². The third kappa shape index (κ3) is 8.28. The van der Waals surface area contributed by atoms with Crippen LogP contribution >= 0.6 is 23.4 Å². The first kappa shape index (κ1) is 19.8. The van der Waals surface area contributed by atoms with Crippen LogP contribution in [0.25, 0.3) is 0 Å². The molecule has 1 aromatic carbocycles. The number of amides is 2. The van der Waals surface area contributed by atoms with Crippen LogP contribution < -0.4 is 10.6 Å². The van der Waals surface area contributed by atoms with E-state index in [2.05, 4.69) is 10.6 Å². The van der Waals surface area contributed by atoms with E-state index in [1.54, 1.807) is 23.9 Å². The molecule has 23 heavy (non-hydrogen) atoms. The topological polar surface area (TPSA) is 58.2 Å². The number of rotatable bonds is 9. The monoisotopic (exact) mass is 356 g/mol. The van der Waals surface area contributed by atoms with Crippen LogP contribution in [0.5, 0.6) is 0 Å². The fourth-order valence-electron chi connectivity index (χ4n) is 1.98. The molecule has 0 bridgehead atoms. The van der Waals surface area contributed by atoms with Crippen molar-refractivity contribution in [1.29, 1.82) is 0 Å². The highest BCUT2D eigenvalue weighted by atomic mass is 35.5. The lowest BCUT2D eigenvalue weighted by Crippen LogP contribution is -2.35. The molecule has 2 amide bonds. The van der Waals surface area contributed by atoms with Crippen LogP contribution in [0, 0.1) is 5.92 Å². The molecular weight excluding hydrogens is 332 g/mol. The molecule has 0 spiro atoms. The Balaban J connectivity index is 2.73. The first-order valence-electron chi connectivity index (χ1n) is 7.72. The van der Waals surface area contributed by atoms with E-state index in [1.807, 2.05) is 32.2 Å². The van der Waals surface area contributed by atoms with Gasteiger partial charge in [0.15, 0.2) is 0 Å². The molecule has 1 aromatic rings. The lowest BCUT2D eigenvalue weighted by atomic mass is 10.0. The van der Waals surface area contributed by atoms with E-state index < -0.39 is 0 Å². The van der Waals surface area contributed by atoms with Gasteiger partial charge in [0.25, 0.3) is 0 Å². The summed E-state index contributed by atoms with van der Waals surface area (Å²) in [6, 6.07) is 6.89. The van der Waals surface area contributed by atoms with E-state index in [1.165, 1.54) is 0 Å². The summed E-state index contributed by atoms with van der Waals surface area (Å²) < 4.78 is 0. The van der Waals surface area contributed by atoms with Crippen LogP contribution in [0.2, 0.25) is 5.02 Å². The summed E-state index contributed by atoms with van der Waals surface area (Å²) in [6.45, 7) is 4.72. The average molecular weight is 357 g/mol. The van der Waals surface area contributed by atoms with Crippen molar-refractivity contribution in [2.24, 2.45) is 5.92 Å². The van der Waals surface area contributed by atoms with Gasteiger partial charge in [0, 0.05) is 23.7 Å². The molecule has 0 radical (unpaired) electrons. The SMILES string of the molecule is CSCCC(=O)NC(CC(=O)NCC(C)C)c1ccc(Cl)cc1. The highest BCUT2D eigenvalue weighted by Gasteiger charge is 2.18. The Kier molecular flexibility index (Phi) is 9.10. The zero-order chi connectivity index (χ0) is 17.2. The van der Waals surface area contributed by atoms with Gasteiger partial charge in [-0.2, -0.15) is 11.8 Å². The smallest absolute Gasteiger partial charge is 0.222 e. The van der Waals surface area contributed by atoms with Crippen LogP contribution in [0.4, 0.5) is 0 Å². The van der Waals surface area contributed by atoms with Crippen LogP contribution in [0.15, 0.2) is 24.3 Å².